The molecule has 6 rings (SSSR count). The van der Waals surface area contributed by atoms with E-state index in [0.29, 0.717) is 12.1 Å². The van der Waals surface area contributed by atoms with E-state index in [0.717, 1.165) is 68.0 Å². The Kier molecular flexibility index (Phi) is 3.63. The molecule has 3 aliphatic heterocycles. The first kappa shape index (κ1) is 16.4. The van der Waals surface area contributed by atoms with E-state index in [1.807, 2.05) is 12.3 Å². The minimum Gasteiger partial charge on any atom is -0.378 e. The Morgan fingerprint density at radius 1 is 1.11 bits per heavy atom. The molecule has 3 aliphatic rings. The smallest absolute Gasteiger partial charge is 0.129 e. The molecule has 2 bridgehead atoms. The summed E-state index contributed by atoms with van der Waals surface area (Å²) in [6.07, 6.45) is 5.20. The van der Waals surface area contributed by atoms with E-state index in [9.17, 15) is 4.39 Å². The lowest BCUT2D eigenvalue weighted by molar-refractivity contribution is 0.122. The molecule has 0 saturated carbocycles. The van der Waals surface area contributed by atoms with Crippen molar-refractivity contribution in [2.24, 2.45) is 0 Å². The normalized spacial score (nSPS) is 24.0. The van der Waals surface area contributed by atoms with Crippen LogP contribution in [0.5, 0.6) is 0 Å². The number of anilines is 2. The fourth-order valence-electron chi connectivity index (χ4n) is 5.23. The van der Waals surface area contributed by atoms with E-state index in [4.69, 9.17) is 9.72 Å². The van der Waals surface area contributed by atoms with Gasteiger partial charge in [-0.1, -0.05) is 0 Å². The zero-order valence-corrected chi connectivity index (χ0v) is 15.7. The predicted octanol–water partition coefficient (Wildman–Crippen LogP) is 3.80. The molecule has 5 nitrogen and oxygen atoms in total. The van der Waals surface area contributed by atoms with E-state index in [1.165, 1.54) is 17.3 Å². The number of nitrogens with one attached hydrogen (secondary N) is 1. The lowest BCUT2D eigenvalue weighted by Crippen LogP contribution is -2.38. The van der Waals surface area contributed by atoms with Crippen molar-refractivity contribution in [3.05, 3.63) is 53.6 Å². The second-order valence-corrected chi connectivity index (χ2v) is 8.04. The van der Waals surface area contributed by atoms with Gasteiger partial charge >= 0.3 is 0 Å². The molecule has 0 radical (unpaired) electrons. The molecule has 2 unspecified atom stereocenters. The molecular weight excluding hydrogens is 355 g/mol. The van der Waals surface area contributed by atoms with Crippen LogP contribution >= 0.6 is 0 Å². The zero-order chi connectivity index (χ0) is 18.7. The van der Waals surface area contributed by atoms with E-state index < -0.39 is 0 Å². The number of aromatic nitrogens is 2. The third-order valence-electron chi connectivity index (χ3n) is 6.55. The minimum absolute atomic E-state index is 0.163. The molecule has 2 saturated heterocycles. The van der Waals surface area contributed by atoms with E-state index in [2.05, 4.69) is 26.9 Å². The molecule has 2 fully saturated rings. The average molecular weight is 378 g/mol. The SMILES string of the molecule is Fc1ccc2[nH]c3c(c2c1)CC1CCC3N1c1ccc(N2CCOCC2)cn1. The second-order valence-electron chi connectivity index (χ2n) is 8.04. The summed E-state index contributed by atoms with van der Waals surface area (Å²) >= 11 is 0. The number of hydrogen-bond acceptors (Lipinski definition) is 4. The lowest BCUT2D eigenvalue weighted by atomic mass is 9.97. The summed E-state index contributed by atoms with van der Waals surface area (Å²) in [5.74, 6) is 0.879. The topological polar surface area (TPSA) is 44.4 Å². The molecule has 3 aromatic rings. The highest BCUT2D eigenvalue weighted by molar-refractivity contribution is 5.86. The van der Waals surface area contributed by atoms with Crippen molar-refractivity contribution in [1.29, 1.82) is 0 Å². The van der Waals surface area contributed by atoms with Crippen LogP contribution in [0.15, 0.2) is 36.5 Å². The minimum atomic E-state index is -0.163. The maximum atomic E-state index is 13.8. The molecule has 6 heteroatoms. The van der Waals surface area contributed by atoms with Gasteiger partial charge in [-0.3, -0.25) is 0 Å². The van der Waals surface area contributed by atoms with Crippen LogP contribution in [-0.4, -0.2) is 42.3 Å². The summed E-state index contributed by atoms with van der Waals surface area (Å²) in [7, 11) is 0. The maximum absolute atomic E-state index is 13.8. The third-order valence-corrected chi connectivity index (χ3v) is 6.55. The number of H-pyrrole nitrogens is 1. The van der Waals surface area contributed by atoms with E-state index in [1.54, 1.807) is 6.07 Å². The van der Waals surface area contributed by atoms with Crippen molar-refractivity contribution in [2.75, 3.05) is 36.1 Å². The summed E-state index contributed by atoms with van der Waals surface area (Å²) in [5, 5.41) is 1.04. The van der Waals surface area contributed by atoms with Crippen LogP contribution < -0.4 is 9.80 Å². The molecule has 144 valence electrons. The fourth-order valence-corrected chi connectivity index (χ4v) is 5.23. The number of morpholine rings is 1. The van der Waals surface area contributed by atoms with Crippen molar-refractivity contribution in [3.8, 4) is 0 Å². The van der Waals surface area contributed by atoms with Crippen LogP contribution in [0, 0.1) is 5.82 Å². The van der Waals surface area contributed by atoms with Crippen molar-refractivity contribution >= 4 is 22.4 Å². The third kappa shape index (κ3) is 2.44. The highest BCUT2D eigenvalue weighted by Crippen LogP contribution is 2.47. The van der Waals surface area contributed by atoms with Crippen LogP contribution in [0.4, 0.5) is 15.9 Å². The molecule has 2 aromatic heterocycles. The van der Waals surface area contributed by atoms with Crippen molar-refractivity contribution in [3.63, 3.8) is 0 Å². The highest BCUT2D eigenvalue weighted by atomic mass is 19.1. The summed E-state index contributed by atoms with van der Waals surface area (Å²) in [6, 6.07) is 10.1. The molecular formula is C22H23FN4O. The molecule has 1 aromatic carbocycles. The lowest BCUT2D eigenvalue weighted by Gasteiger charge is -2.36. The number of fused-ring (bicyclic) bond motifs is 6. The monoisotopic (exact) mass is 378 g/mol. The number of hydrogen-bond donors (Lipinski definition) is 1. The van der Waals surface area contributed by atoms with Gasteiger partial charge in [0, 0.05) is 35.7 Å². The van der Waals surface area contributed by atoms with Crippen LogP contribution in [0.25, 0.3) is 10.9 Å². The Bertz CT molecular complexity index is 1020. The first-order valence-electron chi connectivity index (χ1n) is 10.1. The van der Waals surface area contributed by atoms with E-state index in [-0.39, 0.29) is 5.82 Å². The Hall–Kier alpha value is -2.60. The Morgan fingerprint density at radius 3 is 2.82 bits per heavy atom. The molecule has 28 heavy (non-hydrogen) atoms. The molecule has 2 atom stereocenters. The predicted molar refractivity (Wildman–Crippen MR) is 107 cm³/mol. The first-order chi connectivity index (χ1) is 13.8. The standard InChI is InChI=1S/C22H23FN4O/c23-14-1-4-19-17(11-14)18-12-15-2-5-20(22(18)25-19)27(15)21-6-3-16(13-24-21)26-7-9-28-10-8-26/h1,3-4,6,11,13,15,20,25H,2,5,7-10,12H2. The number of ether oxygens (including phenoxy) is 1. The van der Waals surface area contributed by atoms with Crippen LogP contribution in [-0.2, 0) is 11.2 Å². The van der Waals surface area contributed by atoms with Gasteiger partial charge in [0.2, 0.25) is 0 Å². The quantitative estimate of drug-likeness (QED) is 0.737. The number of pyridine rings is 1. The number of benzene rings is 1. The first-order valence-corrected chi connectivity index (χ1v) is 10.1. The van der Waals surface area contributed by atoms with Gasteiger partial charge in [-0.15, -0.1) is 0 Å². The second kappa shape index (κ2) is 6.21. The van der Waals surface area contributed by atoms with E-state index >= 15 is 0 Å². The Labute approximate surface area is 163 Å². The van der Waals surface area contributed by atoms with Gasteiger partial charge in [0.1, 0.15) is 11.6 Å². The van der Waals surface area contributed by atoms with Gasteiger partial charge in [-0.05, 0) is 55.2 Å². The summed E-state index contributed by atoms with van der Waals surface area (Å²) in [5.41, 5.74) is 4.74. The maximum Gasteiger partial charge on any atom is 0.129 e. The Balaban J connectivity index is 1.34. The van der Waals surface area contributed by atoms with Gasteiger partial charge in [-0.25, -0.2) is 9.37 Å². The van der Waals surface area contributed by atoms with Gasteiger partial charge < -0.3 is 19.5 Å². The van der Waals surface area contributed by atoms with Crippen molar-refractivity contribution < 1.29 is 9.13 Å². The fraction of sp³-hybridized carbons (Fsp3) is 0.409. The van der Waals surface area contributed by atoms with Crippen LogP contribution in [0.1, 0.15) is 30.1 Å². The Morgan fingerprint density at radius 2 is 2.00 bits per heavy atom. The summed E-state index contributed by atoms with van der Waals surface area (Å²) in [6.45, 7) is 3.40. The summed E-state index contributed by atoms with van der Waals surface area (Å²) < 4.78 is 19.2. The number of halogens is 1. The van der Waals surface area contributed by atoms with Crippen molar-refractivity contribution in [1.82, 2.24) is 9.97 Å². The summed E-state index contributed by atoms with van der Waals surface area (Å²) in [4.78, 5) is 13.2. The molecule has 1 N–H and O–H groups in total. The molecule has 5 heterocycles. The molecule has 0 spiro atoms. The van der Waals surface area contributed by atoms with Gasteiger partial charge in [0.05, 0.1) is 31.1 Å². The van der Waals surface area contributed by atoms with Crippen LogP contribution in [0.2, 0.25) is 0 Å². The molecule has 0 amide bonds. The van der Waals surface area contributed by atoms with Gasteiger partial charge in [0.15, 0.2) is 0 Å². The van der Waals surface area contributed by atoms with Crippen LogP contribution in [0.3, 0.4) is 0 Å². The number of nitrogens with zero attached hydrogens (tertiary/aromatic N) is 3. The van der Waals surface area contributed by atoms with Gasteiger partial charge in [0.25, 0.3) is 0 Å². The molecule has 0 aliphatic carbocycles. The van der Waals surface area contributed by atoms with Crippen molar-refractivity contribution in [2.45, 2.75) is 31.3 Å². The highest BCUT2D eigenvalue weighted by Gasteiger charge is 2.42. The van der Waals surface area contributed by atoms with Gasteiger partial charge in [-0.2, -0.15) is 0 Å². The average Bonchev–Trinajstić information content (AvgIpc) is 3.26. The largest absolute Gasteiger partial charge is 0.378 e. The zero-order valence-electron chi connectivity index (χ0n) is 15.7. The number of rotatable bonds is 2. The number of aromatic amines is 1.